The summed E-state index contributed by atoms with van der Waals surface area (Å²) in [5, 5.41) is 3.24. The fraction of sp³-hybridized carbons (Fsp3) is 1.00. The van der Waals surface area contributed by atoms with Crippen LogP contribution in [-0.2, 0) is 0 Å². The minimum absolute atomic E-state index is 0.774. The van der Waals surface area contributed by atoms with Crippen LogP contribution in [0.25, 0.3) is 0 Å². The molecular formula is C13H27N3. The van der Waals surface area contributed by atoms with Crippen LogP contribution < -0.4 is 5.32 Å². The molecule has 0 saturated carbocycles. The van der Waals surface area contributed by atoms with Gasteiger partial charge in [0.25, 0.3) is 0 Å². The van der Waals surface area contributed by atoms with Crippen LogP contribution in [0.3, 0.4) is 0 Å². The molecule has 0 amide bonds. The van der Waals surface area contributed by atoms with E-state index in [1.54, 1.807) is 0 Å². The summed E-state index contributed by atoms with van der Waals surface area (Å²) in [7, 11) is 2.04. The highest BCUT2D eigenvalue weighted by Gasteiger charge is 2.31. The van der Waals surface area contributed by atoms with E-state index < -0.39 is 0 Å². The third-order valence-electron chi connectivity index (χ3n) is 4.29. The Kier molecular flexibility index (Phi) is 4.62. The highest BCUT2D eigenvalue weighted by molar-refractivity contribution is 4.88. The number of nitrogens with one attached hydrogen (secondary N) is 1. The van der Waals surface area contributed by atoms with Crippen LogP contribution >= 0.6 is 0 Å². The predicted molar refractivity (Wildman–Crippen MR) is 68.8 cm³/mol. The summed E-state index contributed by atoms with van der Waals surface area (Å²) in [5.74, 6) is 0. The molecule has 2 saturated heterocycles. The van der Waals surface area contributed by atoms with Gasteiger partial charge in [-0.25, -0.2) is 0 Å². The summed E-state index contributed by atoms with van der Waals surface area (Å²) >= 11 is 0. The Hall–Kier alpha value is -0.120. The summed E-state index contributed by atoms with van der Waals surface area (Å²) in [6.07, 6.45) is 5.50. The maximum atomic E-state index is 3.24. The Morgan fingerprint density at radius 2 is 2.19 bits per heavy atom. The lowest BCUT2D eigenvalue weighted by Crippen LogP contribution is -2.52. The van der Waals surface area contributed by atoms with Gasteiger partial charge in [0.05, 0.1) is 0 Å². The van der Waals surface area contributed by atoms with E-state index in [2.05, 4.69) is 22.0 Å². The zero-order chi connectivity index (χ0) is 11.4. The van der Waals surface area contributed by atoms with Crippen molar-refractivity contribution in [3.05, 3.63) is 0 Å². The average Bonchev–Trinajstić information content (AvgIpc) is 2.76. The fourth-order valence-electron chi connectivity index (χ4n) is 3.17. The summed E-state index contributed by atoms with van der Waals surface area (Å²) in [4.78, 5) is 5.40. The van der Waals surface area contributed by atoms with E-state index in [1.807, 2.05) is 7.05 Å². The van der Waals surface area contributed by atoms with Gasteiger partial charge in [-0.2, -0.15) is 0 Å². The standard InChI is InChI=1S/C13H27N3/c1-12(5-3-7-14-2)16-10-9-15-8-4-6-13(15)11-16/h12-14H,3-11H2,1-2H3. The molecule has 2 rings (SSSR count). The summed E-state index contributed by atoms with van der Waals surface area (Å²) in [5.41, 5.74) is 0. The van der Waals surface area contributed by atoms with Gasteiger partial charge in [-0.3, -0.25) is 9.80 Å². The van der Waals surface area contributed by atoms with E-state index in [4.69, 9.17) is 0 Å². The number of hydrogen-bond donors (Lipinski definition) is 1. The van der Waals surface area contributed by atoms with Crippen LogP contribution in [0.1, 0.15) is 32.6 Å². The second-order valence-corrected chi connectivity index (χ2v) is 5.42. The van der Waals surface area contributed by atoms with E-state index in [1.165, 1.54) is 51.9 Å². The van der Waals surface area contributed by atoms with Crippen molar-refractivity contribution < 1.29 is 0 Å². The van der Waals surface area contributed by atoms with E-state index >= 15 is 0 Å². The van der Waals surface area contributed by atoms with Gasteiger partial charge < -0.3 is 5.32 Å². The zero-order valence-corrected chi connectivity index (χ0v) is 10.9. The smallest absolute Gasteiger partial charge is 0.0224 e. The second kappa shape index (κ2) is 5.99. The molecule has 2 fully saturated rings. The highest BCUT2D eigenvalue weighted by Crippen LogP contribution is 2.23. The molecular weight excluding hydrogens is 198 g/mol. The Morgan fingerprint density at radius 1 is 1.31 bits per heavy atom. The van der Waals surface area contributed by atoms with Gasteiger partial charge in [-0.15, -0.1) is 0 Å². The lowest BCUT2D eigenvalue weighted by atomic mass is 10.1. The molecule has 0 radical (unpaired) electrons. The molecule has 2 aliphatic rings. The first-order chi connectivity index (χ1) is 7.81. The van der Waals surface area contributed by atoms with E-state index in [0.29, 0.717) is 0 Å². The number of nitrogens with zero attached hydrogens (tertiary/aromatic N) is 2. The largest absolute Gasteiger partial charge is 0.320 e. The zero-order valence-electron chi connectivity index (χ0n) is 10.9. The lowest BCUT2D eigenvalue weighted by molar-refractivity contribution is 0.0737. The minimum atomic E-state index is 0.774. The number of rotatable bonds is 5. The molecule has 2 aliphatic heterocycles. The van der Waals surface area contributed by atoms with Crippen molar-refractivity contribution in [1.82, 2.24) is 15.1 Å². The van der Waals surface area contributed by atoms with Gasteiger partial charge in [0.1, 0.15) is 0 Å². The first-order valence-corrected chi connectivity index (χ1v) is 6.94. The summed E-state index contributed by atoms with van der Waals surface area (Å²) in [6.45, 7) is 8.83. The van der Waals surface area contributed by atoms with Crippen LogP contribution in [0.2, 0.25) is 0 Å². The predicted octanol–water partition coefficient (Wildman–Crippen LogP) is 1.15. The number of fused-ring (bicyclic) bond motifs is 1. The maximum Gasteiger partial charge on any atom is 0.0224 e. The molecule has 16 heavy (non-hydrogen) atoms. The molecule has 2 atom stereocenters. The van der Waals surface area contributed by atoms with Crippen molar-refractivity contribution in [3.63, 3.8) is 0 Å². The van der Waals surface area contributed by atoms with Crippen LogP contribution in [0.5, 0.6) is 0 Å². The highest BCUT2D eigenvalue weighted by atomic mass is 15.3. The van der Waals surface area contributed by atoms with Gasteiger partial charge in [0.15, 0.2) is 0 Å². The molecule has 3 heteroatoms. The lowest BCUT2D eigenvalue weighted by Gasteiger charge is -2.40. The Bertz CT molecular complexity index is 207. The monoisotopic (exact) mass is 225 g/mol. The van der Waals surface area contributed by atoms with E-state index in [0.717, 1.165) is 18.6 Å². The molecule has 0 aromatic heterocycles. The quantitative estimate of drug-likeness (QED) is 0.708. The number of hydrogen-bond acceptors (Lipinski definition) is 3. The van der Waals surface area contributed by atoms with Gasteiger partial charge in [0.2, 0.25) is 0 Å². The molecule has 3 nitrogen and oxygen atoms in total. The molecule has 94 valence electrons. The Balaban J connectivity index is 1.72. The Morgan fingerprint density at radius 3 is 3.00 bits per heavy atom. The van der Waals surface area contributed by atoms with Gasteiger partial charge >= 0.3 is 0 Å². The van der Waals surface area contributed by atoms with Crippen LogP contribution in [-0.4, -0.2) is 61.7 Å². The maximum absolute atomic E-state index is 3.24. The van der Waals surface area contributed by atoms with Crippen molar-refractivity contribution in [3.8, 4) is 0 Å². The van der Waals surface area contributed by atoms with Crippen molar-refractivity contribution in [2.75, 3.05) is 39.8 Å². The van der Waals surface area contributed by atoms with Gasteiger partial charge in [-0.1, -0.05) is 0 Å². The van der Waals surface area contributed by atoms with Crippen molar-refractivity contribution in [2.45, 2.75) is 44.7 Å². The molecule has 0 aliphatic carbocycles. The molecule has 2 heterocycles. The SMILES string of the molecule is CNCCCC(C)N1CCN2CCCC2C1. The molecule has 0 spiro atoms. The Labute approximate surface area is 100 Å². The topological polar surface area (TPSA) is 18.5 Å². The van der Waals surface area contributed by atoms with Crippen molar-refractivity contribution in [2.24, 2.45) is 0 Å². The van der Waals surface area contributed by atoms with Crippen molar-refractivity contribution >= 4 is 0 Å². The second-order valence-electron chi connectivity index (χ2n) is 5.42. The van der Waals surface area contributed by atoms with Gasteiger partial charge in [0, 0.05) is 31.7 Å². The summed E-state index contributed by atoms with van der Waals surface area (Å²) < 4.78 is 0. The average molecular weight is 225 g/mol. The third-order valence-corrected chi connectivity index (χ3v) is 4.29. The molecule has 0 aromatic rings. The van der Waals surface area contributed by atoms with Crippen LogP contribution in [0, 0.1) is 0 Å². The molecule has 0 bridgehead atoms. The number of piperazine rings is 1. The molecule has 0 aromatic carbocycles. The first kappa shape index (κ1) is 12.3. The fourth-order valence-corrected chi connectivity index (χ4v) is 3.17. The van der Waals surface area contributed by atoms with E-state index in [-0.39, 0.29) is 0 Å². The van der Waals surface area contributed by atoms with Gasteiger partial charge in [-0.05, 0) is 52.7 Å². The van der Waals surface area contributed by atoms with E-state index in [9.17, 15) is 0 Å². The third kappa shape index (κ3) is 2.96. The normalized spacial score (nSPS) is 29.2. The van der Waals surface area contributed by atoms with Crippen molar-refractivity contribution in [1.29, 1.82) is 0 Å². The van der Waals surface area contributed by atoms with Crippen LogP contribution in [0.15, 0.2) is 0 Å². The summed E-state index contributed by atoms with van der Waals surface area (Å²) in [6, 6.07) is 1.65. The molecule has 1 N–H and O–H groups in total. The van der Waals surface area contributed by atoms with Crippen LogP contribution in [0.4, 0.5) is 0 Å². The minimum Gasteiger partial charge on any atom is -0.320 e. The molecule has 2 unspecified atom stereocenters. The first-order valence-electron chi connectivity index (χ1n) is 6.94.